The molecule has 3 N–H and O–H groups in total. The number of aliphatic hydroxyl groups is 2. The van der Waals surface area contributed by atoms with Crippen LogP contribution in [0.2, 0.25) is 0 Å². The zero-order chi connectivity index (χ0) is 15.2. The van der Waals surface area contributed by atoms with Gasteiger partial charge in [-0.15, -0.1) is 0 Å². The number of aliphatic hydroxyl groups excluding tert-OH is 2. The Bertz CT molecular complexity index is 426. The molecule has 0 unspecified atom stereocenters. The molecule has 0 heterocycles. The Morgan fingerprint density at radius 2 is 1.65 bits per heavy atom. The lowest BCUT2D eigenvalue weighted by Crippen LogP contribution is -2.53. The maximum absolute atomic E-state index is 12.2. The number of ether oxygens (including phenoxy) is 2. The maximum atomic E-state index is 12.2. The molecule has 0 atom stereocenters. The largest absolute Gasteiger partial charge is 0.497 e. The molecule has 1 aromatic rings. The van der Waals surface area contributed by atoms with Crippen molar-refractivity contribution in [3.05, 3.63) is 23.8 Å². The zero-order valence-electron chi connectivity index (χ0n) is 12.0. The SMILES string of the molecule is CCC(CO)(CO)NC(=O)c1cc(OC)cc(OC)c1. The minimum Gasteiger partial charge on any atom is -0.497 e. The molecule has 0 radical (unpaired) electrons. The summed E-state index contributed by atoms with van der Waals surface area (Å²) in [5.74, 6) is 0.571. The second-order valence-corrected chi connectivity index (χ2v) is 4.51. The van der Waals surface area contributed by atoms with Gasteiger partial charge >= 0.3 is 0 Å². The number of hydrogen-bond acceptors (Lipinski definition) is 5. The number of carbonyl (C=O) groups excluding carboxylic acids is 1. The summed E-state index contributed by atoms with van der Waals surface area (Å²) in [6, 6.07) is 4.78. The highest BCUT2D eigenvalue weighted by Gasteiger charge is 2.29. The van der Waals surface area contributed by atoms with E-state index < -0.39 is 11.4 Å². The quantitative estimate of drug-likeness (QED) is 0.681. The highest BCUT2D eigenvalue weighted by atomic mass is 16.5. The smallest absolute Gasteiger partial charge is 0.252 e. The summed E-state index contributed by atoms with van der Waals surface area (Å²) >= 11 is 0. The number of nitrogens with one attached hydrogen (secondary N) is 1. The summed E-state index contributed by atoms with van der Waals surface area (Å²) in [6.07, 6.45) is 0.410. The van der Waals surface area contributed by atoms with E-state index in [4.69, 9.17) is 9.47 Å². The summed E-state index contributed by atoms with van der Waals surface area (Å²) in [6.45, 7) is 1.10. The topological polar surface area (TPSA) is 88.0 Å². The number of hydrogen-bond donors (Lipinski definition) is 3. The first-order valence-electron chi connectivity index (χ1n) is 6.31. The van der Waals surface area contributed by atoms with Crippen molar-refractivity contribution in [2.45, 2.75) is 18.9 Å². The first-order valence-corrected chi connectivity index (χ1v) is 6.31. The van der Waals surface area contributed by atoms with Crippen LogP contribution >= 0.6 is 0 Å². The second kappa shape index (κ2) is 7.12. The molecule has 1 aromatic carbocycles. The predicted molar refractivity (Wildman–Crippen MR) is 74.2 cm³/mol. The molecule has 0 saturated carbocycles. The second-order valence-electron chi connectivity index (χ2n) is 4.51. The third-order valence-electron chi connectivity index (χ3n) is 3.27. The molecule has 1 rings (SSSR count). The maximum Gasteiger partial charge on any atom is 0.252 e. The van der Waals surface area contributed by atoms with Gasteiger partial charge in [0.25, 0.3) is 5.91 Å². The summed E-state index contributed by atoms with van der Waals surface area (Å²) in [4.78, 5) is 12.2. The van der Waals surface area contributed by atoms with E-state index in [1.807, 2.05) is 0 Å². The molecule has 0 aliphatic heterocycles. The van der Waals surface area contributed by atoms with Gasteiger partial charge in [-0.3, -0.25) is 4.79 Å². The van der Waals surface area contributed by atoms with Gasteiger partial charge in [-0.25, -0.2) is 0 Å². The van der Waals surface area contributed by atoms with Crippen molar-refractivity contribution in [3.63, 3.8) is 0 Å². The summed E-state index contributed by atoms with van der Waals surface area (Å²) < 4.78 is 10.2. The van der Waals surface area contributed by atoms with Gasteiger partial charge in [-0.05, 0) is 18.6 Å². The van der Waals surface area contributed by atoms with Crippen molar-refractivity contribution in [3.8, 4) is 11.5 Å². The van der Waals surface area contributed by atoms with Crippen LogP contribution in [-0.4, -0.2) is 49.1 Å². The van der Waals surface area contributed by atoms with Crippen molar-refractivity contribution < 1.29 is 24.5 Å². The average Bonchev–Trinajstić information content (AvgIpc) is 2.51. The summed E-state index contributed by atoms with van der Waals surface area (Å²) in [7, 11) is 2.99. The molecule has 6 nitrogen and oxygen atoms in total. The molecule has 112 valence electrons. The fraction of sp³-hybridized carbons (Fsp3) is 0.500. The fourth-order valence-electron chi connectivity index (χ4n) is 1.69. The van der Waals surface area contributed by atoms with E-state index in [9.17, 15) is 15.0 Å². The van der Waals surface area contributed by atoms with Gasteiger partial charge in [0, 0.05) is 11.6 Å². The van der Waals surface area contributed by atoms with Gasteiger partial charge in [0.2, 0.25) is 0 Å². The summed E-state index contributed by atoms with van der Waals surface area (Å²) in [5.41, 5.74) is -0.700. The van der Waals surface area contributed by atoms with Gasteiger partial charge in [-0.2, -0.15) is 0 Å². The van der Waals surface area contributed by atoms with Crippen molar-refractivity contribution in [2.75, 3.05) is 27.4 Å². The Morgan fingerprint density at radius 3 is 2.00 bits per heavy atom. The van der Waals surface area contributed by atoms with Gasteiger partial charge in [0.05, 0.1) is 33.0 Å². The average molecular weight is 283 g/mol. The van der Waals surface area contributed by atoms with E-state index in [0.717, 1.165) is 0 Å². The van der Waals surface area contributed by atoms with Gasteiger partial charge in [0.15, 0.2) is 0 Å². The van der Waals surface area contributed by atoms with Crippen molar-refractivity contribution in [1.82, 2.24) is 5.32 Å². The molecule has 0 saturated heterocycles. The molecule has 6 heteroatoms. The highest BCUT2D eigenvalue weighted by Crippen LogP contribution is 2.23. The third kappa shape index (κ3) is 3.61. The van der Waals surface area contributed by atoms with Crippen LogP contribution in [0.15, 0.2) is 18.2 Å². The van der Waals surface area contributed by atoms with Crippen LogP contribution in [0.5, 0.6) is 11.5 Å². The van der Waals surface area contributed by atoms with Crippen LogP contribution in [0.4, 0.5) is 0 Å². The molecule has 0 aliphatic carbocycles. The van der Waals surface area contributed by atoms with E-state index in [1.165, 1.54) is 14.2 Å². The standard InChI is InChI=1S/C14H21NO5/c1-4-14(8-16,9-17)15-13(18)10-5-11(19-2)7-12(6-10)20-3/h5-7,16-17H,4,8-9H2,1-3H3,(H,15,18). The fourth-order valence-corrected chi connectivity index (χ4v) is 1.69. The number of amides is 1. The minimum atomic E-state index is -1.03. The van der Waals surface area contributed by atoms with Gasteiger partial charge < -0.3 is 25.0 Å². The molecular weight excluding hydrogens is 262 g/mol. The van der Waals surface area contributed by atoms with Crippen LogP contribution in [0, 0.1) is 0 Å². The molecule has 0 bridgehead atoms. The lowest BCUT2D eigenvalue weighted by atomic mass is 9.97. The van der Waals surface area contributed by atoms with Crippen LogP contribution in [-0.2, 0) is 0 Å². The number of benzene rings is 1. The van der Waals surface area contributed by atoms with E-state index in [0.29, 0.717) is 23.5 Å². The van der Waals surface area contributed by atoms with E-state index in [1.54, 1.807) is 25.1 Å². The van der Waals surface area contributed by atoms with E-state index in [-0.39, 0.29) is 13.2 Å². The van der Waals surface area contributed by atoms with Crippen LogP contribution in [0.1, 0.15) is 23.7 Å². The van der Waals surface area contributed by atoms with E-state index >= 15 is 0 Å². The Morgan fingerprint density at radius 1 is 1.15 bits per heavy atom. The first-order chi connectivity index (χ1) is 9.53. The third-order valence-corrected chi connectivity index (χ3v) is 3.27. The van der Waals surface area contributed by atoms with Crippen molar-refractivity contribution >= 4 is 5.91 Å². The Labute approximate surface area is 118 Å². The Hall–Kier alpha value is -1.79. The predicted octanol–water partition coefficient (Wildman–Crippen LogP) is 0.567. The van der Waals surface area contributed by atoms with E-state index in [2.05, 4.69) is 5.32 Å². The lowest BCUT2D eigenvalue weighted by molar-refractivity contribution is 0.0652. The van der Waals surface area contributed by atoms with Crippen molar-refractivity contribution in [2.24, 2.45) is 0 Å². The molecule has 0 spiro atoms. The molecule has 0 aromatic heterocycles. The van der Waals surface area contributed by atoms with Crippen molar-refractivity contribution in [1.29, 1.82) is 0 Å². The Kier molecular flexibility index (Phi) is 5.79. The first kappa shape index (κ1) is 16.3. The minimum absolute atomic E-state index is 0.334. The van der Waals surface area contributed by atoms with Gasteiger partial charge in [-0.1, -0.05) is 6.92 Å². The monoisotopic (exact) mass is 283 g/mol. The van der Waals surface area contributed by atoms with Gasteiger partial charge in [0.1, 0.15) is 11.5 Å². The van der Waals surface area contributed by atoms with Crippen LogP contribution in [0.25, 0.3) is 0 Å². The normalized spacial score (nSPS) is 11.1. The van der Waals surface area contributed by atoms with Crippen LogP contribution in [0.3, 0.4) is 0 Å². The summed E-state index contributed by atoms with van der Waals surface area (Å²) in [5, 5.41) is 21.3. The number of rotatable bonds is 7. The molecule has 20 heavy (non-hydrogen) atoms. The highest BCUT2D eigenvalue weighted by molar-refractivity contribution is 5.95. The molecular formula is C14H21NO5. The Balaban J connectivity index is 3.02. The number of carbonyl (C=O) groups is 1. The molecule has 0 aliphatic rings. The zero-order valence-corrected chi connectivity index (χ0v) is 12.0. The molecule has 1 amide bonds. The number of methoxy groups -OCH3 is 2. The lowest BCUT2D eigenvalue weighted by Gasteiger charge is -2.29. The molecule has 0 fully saturated rings. The van der Waals surface area contributed by atoms with Crippen LogP contribution < -0.4 is 14.8 Å².